The predicted molar refractivity (Wildman–Crippen MR) is 62.7 cm³/mol. The van der Waals surface area contributed by atoms with Gasteiger partial charge in [-0.05, 0) is 30.9 Å². The zero-order valence-electron chi connectivity index (χ0n) is 9.01. The van der Waals surface area contributed by atoms with E-state index >= 15 is 0 Å². The van der Waals surface area contributed by atoms with Crippen molar-refractivity contribution >= 4 is 21.4 Å². The van der Waals surface area contributed by atoms with Gasteiger partial charge in [-0.25, -0.2) is 13.1 Å². The predicted octanol–water partition coefficient (Wildman–Crippen LogP) is 1.32. The fraction of sp³-hybridized carbons (Fsp3) is 0.600. The van der Waals surface area contributed by atoms with E-state index in [1.807, 2.05) is 0 Å². The first kappa shape index (κ1) is 12.0. The van der Waals surface area contributed by atoms with Crippen molar-refractivity contribution in [2.45, 2.75) is 36.6 Å². The molecule has 6 heteroatoms. The van der Waals surface area contributed by atoms with Gasteiger partial charge >= 0.3 is 0 Å². The van der Waals surface area contributed by atoms with Crippen LogP contribution < -0.4 is 4.72 Å². The zero-order chi connectivity index (χ0) is 11.8. The van der Waals surface area contributed by atoms with Gasteiger partial charge in [-0.2, -0.15) is 0 Å². The van der Waals surface area contributed by atoms with Crippen LogP contribution in [0.15, 0.2) is 16.3 Å². The summed E-state index contributed by atoms with van der Waals surface area (Å²) in [4.78, 5) is 0.669. The van der Waals surface area contributed by atoms with Crippen molar-refractivity contribution < 1.29 is 13.5 Å². The van der Waals surface area contributed by atoms with Crippen molar-refractivity contribution in [2.75, 3.05) is 0 Å². The molecule has 90 valence electrons. The maximum Gasteiger partial charge on any atom is 0.250 e. The Bertz CT molecular complexity index is 460. The lowest BCUT2D eigenvalue weighted by molar-refractivity contribution is 0.270. The molecule has 0 bridgehead atoms. The van der Waals surface area contributed by atoms with E-state index in [1.54, 1.807) is 12.1 Å². The summed E-state index contributed by atoms with van der Waals surface area (Å²) in [5, 5.41) is 8.89. The minimum Gasteiger partial charge on any atom is -0.391 e. The topological polar surface area (TPSA) is 66.4 Å². The summed E-state index contributed by atoms with van der Waals surface area (Å²) in [7, 11) is -3.38. The van der Waals surface area contributed by atoms with Crippen molar-refractivity contribution in [1.29, 1.82) is 0 Å². The second-order valence-corrected chi connectivity index (χ2v) is 7.38. The lowest BCUT2D eigenvalue weighted by Crippen LogP contribution is -2.43. The molecule has 0 aromatic carbocycles. The molecule has 0 spiro atoms. The lowest BCUT2D eigenvalue weighted by atomic mass is 9.83. The standard InChI is InChI=1S/C10H15NO3S2/c1-7-4-8(5-7)11-16(13,14)10-3-2-9(6-12)15-10/h2-3,7-8,11-12H,4-6H2,1H3. The number of aliphatic hydroxyl groups excluding tert-OH is 1. The molecule has 1 aromatic heterocycles. The number of hydrogen-bond acceptors (Lipinski definition) is 4. The SMILES string of the molecule is CC1CC(NS(=O)(=O)c2ccc(CO)s2)C1. The van der Waals surface area contributed by atoms with E-state index in [1.165, 1.54) is 0 Å². The fourth-order valence-electron chi connectivity index (χ4n) is 1.86. The summed E-state index contributed by atoms with van der Waals surface area (Å²) < 4.78 is 26.7. The van der Waals surface area contributed by atoms with Crippen LogP contribution in [0, 0.1) is 5.92 Å². The Morgan fingerprint density at radius 3 is 2.69 bits per heavy atom. The molecule has 0 radical (unpaired) electrons. The molecule has 0 unspecified atom stereocenters. The highest BCUT2D eigenvalue weighted by Crippen LogP contribution is 2.29. The Labute approximate surface area is 99.4 Å². The summed E-state index contributed by atoms with van der Waals surface area (Å²) in [6.45, 7) is 2.00. The Morgan fingerprint density at radius 2 is 2.19 bits per heavy atom. The van der Waals surface area contributed by atoms with Crippen LogP contribution in [0.4, 0.5) is 0 Å². The van der Waals surface area contributed by atoms with Gasteiger partial charge in [-0.3, -0.25) is 0 Å². The van der Waals surface area contributed by atoms with Gasteiger partial charge in [0, 0.05) is 10.9 Å². The van der Waals surface area contributed by atoms with Crippen LogP contribution in [0.5, 0.6) is 0 Å². The minimum atomic E-state index is -3.38. The molecule has 1 heterocycles. The second-order valence-electron chi connectivity index (χ2n) is 4.27. The monoisotopic (exact) mass is 261 g/mol. The molecule has 1 saturated carbocycles. The molecule has 1 aliphatic carbocycles. The maximum atomic E-state index is 11.9. The third-order valence-corrected chi connectivity index (χ3v) is 5.84. The van der Waals surface area contributed by atoms with Crippen molar-refractivity contribution in [3.8, 4) is 0 Å². The molecule has 2 N–H and O–H groups in total. The van der Waals surface area contributed by atoms with Gasteiger partial charge in [0.15, 0.2) is 0 Å². The molecular formula is C10H15NO3S2. The third kappa shape index (κ3) is 2.45. The van der Waals surface area contributed by atoms with Crippen LogP contribution in [-0.2, 0) is 16.6 Å². The molecule has 0 atom stereocenters. The largest absolute Gasteiger partial charge is 0.391 e. The van der Waals surface area contributed by atoms with Gasteiger partial charge in [0.2, 0.25) is 10.0 Å². The molecule has 1 aromatic rings. The van der Waals surface area contributed by atoms with E-state index in [0.717, 1.165) is 24.2 Å². The van der Waals surface area contributed by atoms with Crippen LogP contribution in [-0.4, -0.2) is 19.6 Å². The van der Waals surface area contributed by atoms with Gasteiger partial charge < -0.3 is 5.11 Å². The first-order valence-corrected chi connectivity index (χ1v) is 7.53. The molecule has 0 saturated heterocycles. The van der Waals surface area contributed by atoms with Crippen LogP contribution in [0.2, 0.25) is 0 Å². The van der Waals surface area contributed by atoms with Crippen molar-refractivity contribution in [2.24, 2.45) is 5.92 Å². The number of hydrogen-bond donors (Lipinski definition) is 2. The summed E-state index contributed by atoms with van der Waals surface area (Å²) >= 11 is 1.12. The summed E-state index contributed by atoms with van der Waals surface area (Å²) in [6.07, 6.45) is 1.83. The summed E-state index contributed by atoms with van der Waals surface area (Å²) in [6, 6.07) is 3.27. The highest BCUT2D eigenvalue weighted by molar-refractivity contribution is 7.91. The van der Waals surface area contributed by atoms with E-state index in [9.17, 15) is 8.42 Å². The summed E-state index contributed by atoms with van der Waals surface area (Å²) in [5.74, 6) is 0.615. The van der Waals surface area contributed by atoms with E-state index in [-0.39, 0.29) is 16.9 Å². The molecule has 1 aliphatic rings. The van der Waals surface area contributed by atoms with Gasteiger partial charge in [0.05, 0.1) is 6.61 Å². The number of nitrogens with one attached hydrogen (secondary N) is 1. The van der Waals surface area contributed by atoms with Crippen molar-refractivity contribution in [1.82, 2.24) is 4.72 Å². The first-order chi connectivity index (χ1) is 7.51. The van der Waals surface area contributed by atoms with Crippen LogP contribution in [0.3, 0.4) is 0 Å². The Balaban J connectivity index is 2.06. The molecule has 1 fully saturated rings. The van der Waals surface area contributed by atoms with E-state index < -0.39 is 10.0 Å². The van der Waals surface area contributed by atoms with E-state index in [0.29, 0.717) is 10.8 Å². The molecule has 0 aliphatic heterocycles. The maximum absolute atomic E-state index is 11.9. The Hall–Kier alpha value is -0.430. The fourth-order valence-corrected chi connectivity index (χ4v) is 4.36. The second kappa shape index (κ2) is 4.44. The highest BCUT2D eigenvalue weighted by atomic mass is 32.2. The van der Waals surface area contributed by atoms with Gasteiger partial charge in [0.25, 0.3) is 0 Å². The average molecular weight is 261 g/mol. The Morgan fingerprint density at radius 1 is 1.50 bits per heavy atom. The van der Waals surface area contributed by atoms with Crippen LogP contribution in [0.25, 0.3) is 0 Å². The number of rotatable bonds is 4. The number of thiophene rings is 1. The lowest BCUT2D eigenvalue weighted by Gasteiger charge is -2.32. The van der Waals surface area contributed by atoms with Crippen LogP contribution in [0.1, 0.15) is 24.6 Å². The van der Waals surface area contributed by atoms with E-state index in [4.69, 9.17) is 5.11 Å². The summed E-state index contributed by atoms with van der Waals surface area (Å²) in [5.41, 5.74) is 0. The smallest absolute Gasteiger partial charge is 0.250 e. The van der Waals surface area contributed by atoms with Crippen molar-refractivity contribution in [3.05, 3.63) is 17.0 Å². The number of sulfonamides is 1. The zero-order valence-corrected chi connectivity index (χ0v) is 10.6. The van der Waals surface area contributed by atoms with Crippen molar-refractivity contribution in [3.63, 3.8) is 0 Å². The van der Waals surface area contributed by atoms with Gasteiger partial charge in [0.1, 0.15) is 4.21 Å². The average Bonchev–Trinajstić information content (AvgIpc) is 2.63. The highest BCUT2D eigenvalue weighted by Gasteiger charge is 2.30. The van der Waals surface area contributed by atoms with Gasteiger partial charge in [-0.1, -0.05) is 6.92 Å². The normalized spacial score (nSPS) is 25.4. The van der Waals surface area contributed by atoms with Crippen LogP contribution >= 0.6 is 11.3 Å². The first-order valence-electron chi connectivity index (χ1n) is 5.23. The molecular weight excluding hydrogens is 246 g/mol. The van der Waals surface area contributed by atoms with E-state index in [2.05, 4.69) is 11.6 Å². The Kier molecular flexibility index (Phi) is 3.34. The number of aliphatic hydroxyl groups is 1. The molecule has 2 rings (SSSR count). The third-order valence-electron chi connectivity index (χ3n) is 2.75. The quantitative estimate of drug-likeness (QED) is 0.859. The minimum absolute atomic E-state index is 0.0830. The molecule has 0 amide bonds. The molecule has 4 nitrogen and oxygen atoms in total. The molecule has 16 heavy (non-hydrogen) atoms. The van der Waals surface area contributed by atoms with Gasteiger partial charge in [-0.15, -0.1) is 11.3 Å².